The van der Waals surface area contributed by atoms with Gasteiger partial charge in [0.2, 0.25) is 0 Å². The molecule has 1 rings (SSSR count). The van der Waals surface area contributed by atoms with Gasteiger partial charge in [0.1, 0.15) is 11.8 Å². The minimum absolute atomic E-state index is 0.0308. The monoisotopic (exact) mass is 297 g/mol. The first-order valence-corrected chi connectivity index (χ1v) is 6.21. The van der Waals surface area contributed by atoms with Crippen molar-refractivity contribution in [1.82, 2.24) is 0 Å². The summed E-state index contributed by atoms with van der Waals surface area (Å²) in [7, 11) is 0. The molecule has 1 N–H and O–H groups in total. The highest BCUT2D eigenvalue weighted by molar-refractivity contribution is 9.08. The second-order valence-electron chi connectivity index (χ2n) is 3.33. The van der Waals surface area contributed by atoms with Crippen LogP contribution in [-0.4, -0.2) is 17.7 Å². The van der Waals surface area contributed by atoms with Crippen molar-refractivity contribution in [2.45, 2.75) is 18.7 Å². The van der Waals surface area contributed by atoms with E-state index >= 15 is 0 Å². The molecule has 0 saturated heterocycles. The summed E-state index contributed by atoms with van der Waals surface area (Å²) in [4.78, 5) is 11.3. The quantitative estimate of drug-likeness (QED) is 0.684. The molecule has 0 radical (unpaired) electrons. The SMILES string of the molecule is CCOC(=O)Cc1ccc(CBr)c(C#N)c1O. The van der Waals surface area contributed by atoms with Crippen molar-refractivity contribution < 1.29 is 14.6 Å². The highest BCUT2D eigenvalue weighted by Gasteiger charge is 2.14. The van der Waals surface area contributed by atoms with Gasteiger partial charge in [-0.15, -0.1) is 0 Å². The first kappa shape index (κ1) is 13.5. The topological polar surface area (TPSA) is 70.3 Å². The molecule has 0 unspecified atom stereocenters. The van der Waals surface area contributed by atoms with Crippen LogP contribution in [0.4, 0.5) is 0 Å². The zero-order chi connectivity index (χ0) is 12.8. The molecule has 0 heterocycles. The third kappa shape index (κ3) is 3.21. The number of alkyl halides is 1. The number of phenolic OH excluding ortho intramolecular Hbond substituents is 1. The molecule has 0 amide bonds. The standard InChI is InChI=1S/C12H12BrNO3/c1-2-17-11(15)5-8-3-4-9(6-13)10(7-14)12(8)16/h3-4,16H,2,5-6H2,1H3. The summed E-state index contributed by atoms with van der Waals surface area (Å²) in [5.41, 5.74) is 1.30. The number of ether oxygens (including phenoxy) is 1. The van der Waals surface area contributed by atoms with Crippen LogP contribution in [0.5, 0.6) is 5.75 Å². The molecule has 0 aliphatic rings. The van der Waals surface area contributed by atoms with E-state index in [0.29, 0.717) is 23.1 Å². The molecule has 0 saturated carbocycles. The number of nitriles is 1. The lowest BCUT2D eigenvalue weighted by Gasteiger charge is -2.08. The summed E-state index contributed by atoms with van der Waals surface area (Å²) >= 11 is 3.23. The number of rotatable bonds is 4. The number of esters is 1. The van der Waals surface area contributed by atoms with E-state index in [0.717, 1.165) is 0 Å². The predicted octanol–water partition coefficient (Wildman–Crippen LogP) is 2.26. The lowest BCUT2D eigenvalue weighted by Crippen LogP contribution is -2.08. The molecule has 17 heavy (non-hydrogen) atoms. The van der Waals surface area contributed by atoms with Crippen molar-refractivity contribution in [3.63, 3.8) is 0 Å². The average Bonchev–Trinajstić information content (AvgIpc) is 2.31. The molecule has 0 aliphatic carbocycles. The third-order valence-corrected chi connectivity index (χ3v) is 2.85. The van der Waals surface area contributed by atoms with Gasteiger partial charge in [-0.05, 0) is 12.5 Å². The maximum Gasteiger partial charge on any atom is 0.310 e. The van der Waals surface area contributed by atoms with Crippen LogP contribution in [0.25, 0.3) is 0 Å². The van der Waals surface area contributed by atoms with Gasteiger partial charge in [-0.2, -0.15) is 5.26 Å². The Hall–Kier alpha value is -1.54. The number of hydrogen-bond donors (Lipinski definition) is 1. The first-order valence-electron chi connectivity index (χ1n) is 5.09. The minimum atomic E-state index is -0.418. The van der Waals surface area contributed by atoms with E-state index in [9.17, 15) is 9.90 Å². The molecule has 0 fully saturated rings. The fraction of sp³-hybridized carbons (Fsp3) is 0.333. The van der Waals surface area contributed by atoms with Gasteiger partial charge in [0, 0.05) is 10.9 Å². The summed E-state index contributed by atoms with van der Waals surface area (Å²) in [6, 6.07) is 5.27. The summed E-state index contributed by atoms with van der Waals surface area (Å²) in [5, 5.41) is 19.3. The Balaban J connectivity index is 3.04. The molecule has 1 aromatic rings. The van der Waals surface area contributed by atoms with Crippen LogP contribution >= 0.6 is 15.9 Å². The predicted molar refractivity (Wildman–Crippen MR) is 65.8 cm³/mol. The minimum Gasteiger partial charge on any atom is -0.506 e. The molecular formula is C12H12BrNO3. The van der Waals surface area contributed by atoms with Crippen LogP contribution in [0.1, 0.15) is 23.6 Å². The number of benzene rings is 1. The van der Waals surface area contributed by atoms with Crippen molar-refractivity contribution in [2.75, 3.05) is 6.61 Å². The van der Waals surface area contributed by atoms with Gasteiger partial charge < -0.3 is 9.84 Å². The van der Waals surface area contributed by atoms with Crippen molar-refractivity contribution in [3.8, 4) is 11.8 Å². The summed E-state index contributed by atoms with van der Waals surface area (Å²) in [5.74, 6) is -0.559. The van der Waals surface area contributed by atoms with Gasteiger partial charge >= 0.3 is 5.97 Å². The van der Waals surface area contributed by atoms with E-state index in [2.05, 4.69) is 15.9 Å². The lowest BCUT2D eigenvalue weighted by molar-refractivity contribution is -0.142. The van der Waals surface area contributed by atoms with Gasteiger partial charge in [-0.1, -0.05) is 28.1 Å². The summed E-state index contributed by atoms with van der Waals surface area (Å²) in [6.45, 7) is 2.01. The fourth-order valence-electron chi connectivity index (χ4n) is 1.42. The van der Waals surface area contributed by atoms with Crippen LogP contribution in [0.15, 0.2) is 12.1 Å². The number of nitrogens with zero attached hydrogens (tertiary/aromatic N) is 1. The molecule has 0 aromatic heterocycles. The van der Waals surface area contributed by atoms with Gasteiger partial charge in [-0.3, -0.25) is 4.79 Å². The van der Waals surface area contributed by atoms with Crippen LogP contribution in [0.2, 0.25) is 0 Å². The van der Waals surface area contributed by atoms with Crippen LogP contribution in [0.3, 0.4) is 0 Å². The molecule has 0 bridgehead atoms. The fourth-order valence-corrected chi connectivity index (χ4v) is 1.89. The molecule has 0 aliphatic heterocycles. The van der Waals surface area contributed by atoms with Gasteiger partial charge in [0.05, 0.1) is 18.6 Å². The number of carbonyl (C=O) groups excluding carboxylic acids is 1. The van der Waals surface area contributed by atoms with Crippen LogP contribution in [0, 0.1) is 11.3 Å². The van der Waals surface area contributed by atoms with Gasteiger partial charge in [0.15, 0.2) is 0 Å². The highest BCUT2D eigenvalue weighted by Crippen LogP contribution is 2.27. The van der Waals surface area contributed by atoms with Gasteiger partial charge in [0.25, 0.3) is 0 Å². The summed E-state index contributed by atoms with van der Waals surface area (Å²) in [6.07, 6.45) is -0.0308. The highest BCUT2D eigenvalue weighted by atomic mass is 79.9. The largest absolute Gasteiger partial charge is 0.506 e. The van der Waals surface area contributed by atoms with E-state index in [4.69, 9.17) is 10.00 Å². The van der Waals surface area contributed by atoms with E-state index in [1.165, 1.54) is 0 Å². The Bertz CT molecular complexity index is 466. The molecule has 0 spiro atoms. The molecule has 1 aromatic carbocycles. The normalized spacial score (nSPS) is 9.71. The third-order valence-electron chi connectivity index (χ3n) is 2.24. The summed E-state index contributed by atoms with van der Waals surface area (Å²) < 4.78 is 4.79. The number of halogens is 1. The van der Waals surface area contributed by atoms with Crippen molar-refractivity contribution >= 4 is 21.9 Å². The van der Waals surface area contributed by atoms with Gasteiger partial charge in [-0.25, -0.2) is 0 Å². The van der Waals surface area contributed by atoms with Crippen molar-refractivity contribution in [1.29, 1.82) is 5.26 Å². The Labute approximate surface area is 108 Å². The maximum atomic E-state index is 11.3. The molecule has 90 valence electrons. The second kappa shape index (κ2) is 6.26. The molecule has 5 heteroatoms. The van der Waals surface area contributed by atoms with Crippen molar-refractivity contribution in [3.05, 3.63) is 28.8 Å². The lowest BCUT2D eigenvalue weighted by atomic mass is 10.0. The Morgan fingerprint density at radius 2 is 2.18 bits per heavy atom. The zero-order valence-electron chi connectivity index (χ0n) is 9.36. The maximum absolute atomic E-state index is 11.3. The zero-order valence-corrected chi connectivity index (χ0v) is 11.0. The van der Waals surface area contributed by atoms with Crippen LogP contribution in [-0.2, 0) is 21.3 Å². The molecule has 0 atom stereocenters. The number of hydrogen-bond acceptors (Lipinski definition) is 4. The number of aromatic hydroxyl groups is 1. The number of phenols is 1. The van der Waals surface area contributed by atoms with E-state index in [-0.39, 0.29) is 17.7 Å². The first-order chi connectivity index (χ1) is 8.13. The number of carbonyl (C=O) groups is 1. The van der Waals surface area contributed by atoms with E-state index in [1.54, 1.807) is 19.1 Å². The van der Waals surface area contributed by atoms with Crippen molar-refractivity contribution in [2.24, 2.45) is 0 Å². The Kier molecular flexibility index (Phi) is 4.98. The smallest absolute Gasteiger partial charge is 0.310 e. The second-order valence-corrected chi connectivity index (χ2v) is 3.90. The Morgan fingerprint density at radius 1 is 1.53 bits per heavy atom. The van der Waals surface area contributed by atoms with E-state index < -0.39 is 5.97 Å². The Morgan fingerprint density at radius 3 is 2.71 bits per heavy atom. The molecular weight excluding hydrogens is 286 g/mol. The van der Waals surface area contributed by atoms with Crippen LogP contribution < -0.4 is 0 Å². The van der Waals surface area contributed by atoms with E-state index in [1.807, 2.05) is 6.07 Å². The average molecular weight is 298 g/mol. The molecule has 4 nitrogen and oxygen atoms in total.